The van der Waals surface area contributed by atoms with Gasteiger partial charge >= 0.3 is 5.97 Å². The van der Waals surface area contributed by atoms with Crippen molar-refractivity contribution < 1.29 is 14.3 Å². The Kier molecular flexibility index (Phi) is 4.62. The topological polar surface area (TPSA) is 35.5 Å². The molecule has 0 saturated carbocycles. The standard InChI is InChI=1S/C12H15ClO3/c1-8(12(14)15-3)9(2)16-11-6-4-10(13)5-7-11/h4-9H,1-3H3. The highest BCUT2D eigenvalue weighted by molar-refractivity contribution is 6.30. The van der Waals surface area contributed by atoms with Gasteiger partial charge in [0.15, 0.2) is 0 Å². The van der Waals surface area contributed by atoms with E-state index in [4.69, 9.17) is 16.3 Å². The maximum absolute atomic E-state index is 11.3. The first-order valence-corrected chi connectivity index (χ1v) is 5.42. The summed E-state index contributed by atoms with van der Waals surface area (Å²) >= 11 is 5.75. The van der Waals surface area contributed by atoms with E-state index in [9.17, 15) is 4.79 Å². The fourth-order valence-electron chi connectivity index (χ4n) is 1.21. The minimum Gasteiger partial charge on any atom is -0.490 e. The van der Waals surface area contributed by atoms with Gasteiger partial charge in [-0.1, -0.05) is 11.6 Å². The quantitative estimate of drug-likeness (QED) is 0.762. The van der Waals surface area contributed by atoms with Crippen molar-refractivity contribution in [3.05, 3.63) is 29.3 Å². The second-order valence-electron chi connectivity index (χ2n) is 3.59. The fraction of sp³-hybridized carbons (Fsp3) is 0.417. The lowest BCUT2D eigenvalue weighted by Crippen LogP contribution is -2.29. The Morgan fingerprint density at radius 1 is 1.25 bits per heavy atom. The number of benzene rings is 1. The van der Waals surface area contributed by atoms with Crippen LogP contribution in [0.15, 0.2) is 24.3 Å². The van der Waals surface area contributed by atoms with E-state index in [0.717, 1.165) is 0 Å². The van der Waals surface area contributed by atoms with Crippen molar-refractivity contribution in [3.63, 3.8) is 0 Å². The zero-order valence-electron chi connectivity index (χ0n) is 9.57. The lowest BCUT2D eigenvalue weighted by atomic mass is 10.1. The number of ether oxygens (including phenoxy) is 2. The van der Waals surface area contributed by atoms with Crippen LogP contribution in [0.2, 0.25) is 5.02 Å². The van der Waals surface area contributed by atoms with Crippen LogP contribution in [0.3, 0.4) is 0 Å². The Morgan fingerprint density at radius 3 is 2.31 bits per heavy atom. The smallest absolute Gasteiger partial charge is 0.312 e. The van der Waals surface area contributed by atoms with Crippen LogP contribution in [0.4, 0.5) is 0 Å². The summed E-state index contributed by atoms with van der Waals surface area (Å²) in [6.07, 6.45) is -0.242. The van der Waals surface area contributed by atoms with Gasteiger partial charge in [-0.2, -0.15) is 0 Å². The molecule has 2 unspecified atom stereocenters. The van der Waals surface area contributed by atoms with Crippen LogP contribution < -0.4 is 4.74 Å². The highest BCUT2D eigenvalue weighted by Crippen LogP contribution is 2.19. The number of methoxy groups -OCH3 is 1. The van der Waals surface area contributed by atoms with Gasteiger partial charge in [0.2, 0.25) is 0 Å². The molecule has 0 saturated heterocycles. The summed E-state index contributed by atoms with van der Waals surface area (Å²) in [6, 6.07) is 7.02. The van der Waals surface area contributed by atoms with Crippen LogP contribution in [-0.2, 0) is 9.53 Å². The Morgan fingerprint density at radius 2 is 1.81 bits per heavy atom. The van der Waals surface area contributed by atoms with Crippen LogP contribution in [-0.4, -0.2) is 19.2 Å². The molecule has 0 aliphatic rings. The largest absolute Gasteiger partial charge is 0.490 e. The summed E-state index contributed by atoms with van der Waals surface area (Å²) in [5, 5.41) is 0.654. The molecule has 1 rings (SSSR count). The van der Waals surface area contributed by atoms with Crippen LogP contribution in [0, 0.1) is 5.92 Å². The Balaban J connectivity index is 2.60. The van der Waals surface area contributed by atoms with Gasteiger partial charge in [-0.3, -0.25) is 4.79 Å². The molecule has 0 fully saturated rings. The summed E-state index contributed by atoms with van der Waals surface area (Å²) in [5.41, 5.74) is 0. The first-order valence-electron chi connectivity index (χ1n) is 5.04. The summed E-state index contributed by atoms with van der Waals surface area (Å²) in [7, 11) is 1.37. The third-order valence-corrected chi connectivity index (χ3v) is 2.66. The van der Waals surface area contributed by atoms with Crippen molar-refractivity contribution >= 4 is 17.6 Å². The van der Waals surface area contributed by atoms with E-state index < -0.39 is 0 Å². The van der Waals surface area contributed by atoms with Crippen molar-refractivity contribution in [2.75, 3.05) is 7.11 Å². The molecule has 0 bridgehead atoms. The lowest BCUT2D eigenvalue weighted by Gasteiger charge is -2.19. The number of hydrogen-bond donors (Lipinski definition) is 0. The zero-order valence-corrected chi connectivity index (χ0v) is 10.3. The van der Waals surface area contributed by atoms with Crippen LogP contribution in [0.1, 0.15) is 13.8 Å². The van der Waals surface area contributed by atoms with E-state index in [0.29, 0.717) is 10.8 Å². The van der Waals surface area contributed by atoms with Crippen molar-refractivity contribution in [2.45, 2.75) is 20.0 Å². The molecule has 0 spiro atoms. The minimum atomic E-state index is -0.305. The number of hydrogen-bond acceptors (Lipinski definition) is 3. The van der Waals surface area contributed by atoms with Gasteiger partial charge in [0, 0.05) is 5.02 Å². The molecule has 1 aromatic rings. The van der Waals surface area contributed by atoms with Crippen LogP contribution in [0.25, 0.3) is 0 Å². The summed E-state index contributed by atoms with van der Waals surface area (Å²) in [6.45, 7) is 3.60. The van der Waals surface area contributed by atoms with Crippen molar-refractivity contribution in [3.8, 4) is 5.75 Å². The molecule has 0 radical (unpaired) electrons. The molecule has 16 heavy (non-hydrogen) atoms. The molecule has 4 heteroatoms. The number of halogens is 1. The number of carbonyl (C=O) groups excluding carboxylic acids is 1. The van der Waals surface area contributed by atoms with Crippen LogP contribution in [0.5, 0.6) is 5.75 Å². The second-order valence-corrected chi connectivity index (χ2v) is 4.03. The van der Waals surface area contributed by atoms with Crippen molar-refractivity contribution in [1.82, 2.24) is 0 Å². The zero-order chi connectivity index (χ0) is 12.1. The van der Waals surface area contributed by atoms with Crippen LogP contribution >= 0.6 is 11.6 Å². The molecular formula is C12H15ClO3. The lowest BCUT2D eigenvalue weighted by molar-refractivity contribution is -0.147. The molecule has 0 aromatic heterocycles. The normalized spacial score (nSPS) is 14.0. The average molecular weight is 243 g/mol. The first kappa shape index (κ1) is 12.8. The maximum Gasteiger partial charge on any atom is 0.312 e. The predicted octanol–water partition coefficient (Wildman–Crippen LogP) is 2.92. The van der Waals surface area contributed by atoms with Crippen molar-refractivity contribution in [1.29, 1.82) is 0 Å². The third-order valence-electron chi connectivity index (χ3n) is 2.41. The van der Waals surface area contributed by atoms with Gasteiger partial charge in [-0.15, -0.1) is 0 Å². The Hall–Kier alpha value is -1.22. The van der Waals surface area contributed by atoms with Gasteiger partial charge in [0.25, 0.3) is 0 Å². The molecule has 0 heterocycles. The molecule has 88 valence electrons. The summed E-state index contributed by atoms with van der Waals surface area (Å²) < 4.78 is 10.2. The van der Waals surface area contributed by atoms with Gasteiger partial charge < -0.3 is 9.47 Å². The number of esters is 1. The Bertz CT molecular complexity index is 348. The molecule has 0 aliphatic heterocycles. The molecule has 0 aliphatic carbocycles. The molecule has 2 atom stereocenters. The molecular weight excluding hydrogens is 228 g/mol. The Labute approximate surface area is 100 Å². The van der Waals surface area contributed by atoms with E-state index in [-0.39, 0.29) is 18.0 Å². The van der Waals surface area contributed by atoms with Gasteiger partial charge in [-0.25, -0.2) is 0 Å². The molecule has 1 aromatic carbocycles. The van der Waals surface area contributed by atoms with E-state index in [2.05, 4.69) is 4.74 Å². The highest BCUT2D eigenvalue weighted by atomic mass is 35.5. The van der Waals surface area contributed by atoms with E-state index in [1.54, 1.807) is 31.2 Å². The molecule has 3 nitrogen and oxygen atoms in total. The van der Waals surface area contributed by atoms with E-state index in [1.165, 1.54) is 7.11 Å². The number of rotatable bonds is 4. The molecule has 0 N–H and O–H groups in total. The van der Waals surface area contributed by atoms with Gasteiger partial charge in [0.1, 0.15) is 11.9 Å². The van der Waals surface area contributed by atoms with E-state index >= 15 is 0 Å². The monoisotopic (exact) mass is 242 g/mol. The highest BCUT2D eigenvalue weighted by Gasteiger charge is 2.22. The maximum atomic E-state index is 11.3. The summed E-state index contributed by atoms with van der Waals surface area (Å²) in [5.74, 6) is 0.106. The second kappa shape index (κ2) is 5.75. The number of carbonyl (C=O) groups is 1. The SMILES string of the molecule is COC(=O)C(C)C(C)Oc1ccc(Cl)cc1. The van der Waals surface area contributed by atoms with Gasteiger partial charge in [-0.05, 0) is 38.1 Å². The van der Waals surface area contributed by atoms with Gasteiger partial charge in [0.05, 0.1) is 13.0 Å². The fourth-order valence-corrected chi connectivity index (χ4v) is 1.33. The predicted molar refractivity (Wildman–Crippen MR) is 62.7 cm³/mol. The minimum absolute atomic E-state index is 0.242. The summed E-state index contributed by atoms with van der Waals surface area (Å²) in [4.78, 5) is 11.3. The van der Waals surface area contributed by atoms with E-state index in [1.807, 2.05) is 6.92 Å². The first-order chi connectivity index (χ1) is 7.54. The molecule has 0 amide bonds. The third kappa shape index (κ3) is 3.42. The van der Waals surface area contributed by atoms with Crippen molar-refractivity contribution in [2.24, 2.45) is 5.92 Å². The average Bonchev–Trinajstić information content (AvgIpc) is 2.30.